The van der Waals surface area contributed by atoms with E-state index < -0.39 is 11.9 Å². The number of carbonyl (C=O) groups excluding carboxylic acids is 3. The van der Waals surface area contributed by atoms with Crippen molar-refractivity contribution < 1.29 is 14.4 Å². The van der Waals surface area contributed by atoms with Crippen molar-refractivity contribution in [3.05, 3.63) is 51.2 Å². The van der Waals surface area contributed by atoms with E-state index in [0.717, 1.165) is 12.8 Å². The van der Waals surface area contributed by atoms with Gasteiger partial charge in [0.2, 0.25) is 11.8 Å². The first-order chi connectivity index (χ1) is 12.5. The number of piperidine rings is 1. The third-order valence-corrected chi connectivity index (χ3v) is 5.49. The second-order valence-electron chi connectivity index (χ2n) is 6.04. The highest BCUT2D eigenvalue weighted by atomic mass is 35.5. The number of carbonyl (C=O) groups is 3. The van der Waals surface area contributed by atoms with E-state index in [2.05, 4.69) is 5.32 Å². The normalized spacial score (nSPS) is 17.0. The van der Waals surface area contributed by atoms with Gasteiger partial charge in [0.15, 0.2) is 0 Å². The number of rotatable bonds is 4. The molecule has 1 aliphatic heterocycles. The van der Waals surface area contributed by atoms with Crippen LogP contribution in [-0.2, 0) is 4.79 Å². The summed E-state index contributed by atoms with van der Waals surface area (Å²) in [5, 5.41) is 4.83. The second-order valence-corrected chi connectivity index (χ2v) is 7.39. The standard InChI is InChI=1S/C18H18ClN3O3S/c19-13-7-6-11(10-12(13)16(20)23)21-17(24)14-4-1-2-8-22(14)18(25)15-5-3-9-26-15/h3,5-7,9-10,14H,1-2,4,8H2,(H2,20,23)(H,21,24). The van der Waals surface area contributed by atoms with E-state index in [0.29, 0.717) is 23.5 Å². The summed E-state index contributed by atoms with van der Waals surface area (Å²) in [4.78, 5) is 39.1. The molecular formula is C18H18ClN3O3S. The molecule has 1 aromatic carbocycles. The van der Waals surface area contributed by atoms with Crippen molar-refractivity contribution in [2.45, 2.75) is 25.3 Å². The van der Waals surface area contributed by atoms with Gasteiger partial charge in [-0.1, -0.05) is 17.7 Å². The van der Waals surface area contributed by atoms with Gasteiger partial charge < -0.3 is 16.0 Å². The number of halogens is 1. The van der Waals surface area contributed by atoms with E-state index >= 15 is 0 Å². The monoisotopic (exact) mass is 391 g/mol. The fourth-order valence-corrected chi connectivity index (χ4v) is 3.90. The summed E-state index contributed by atoms with van der Waals surface area (Å²) in [5.74, 6) is -1.08. The van der Waals surface area contributed by atoms with Gasteiger partial charge in [0, 0.05) is 12.2 Å². The maximum absolute atomic E-state index is 12.8. The number of nitrogens with two attached hydrogens (primary N) is 1. The minimum absolute atomic E-state index is 0.131. The Balaban J connectivity index is 1.78. The van der Waals surface area contributed by atoms with Crippen LogP contribution in [0.2, 0.25) is 5.02 Å². The topological polar surface area (TPSA) is 92.5 Å². The largest absolute Gasteiger partial charge is 0.366 e. The molecule has 3 rings (SSSR count). The summed E-state index contributed by atoms with van der Waals surface area (Å²) in [6.07, 6.45) is 2.34. The van der Waals surface area contributed by atoms with E-state index in [9.17, 15) is 14.4 Å². The van der Waals surface area contributed by atoms with Gasteiger partial charge >= 0.3 is 0 Å². The minimum Gasteiger partial charge on any atom is -0.366 e. The highest BCUT2D eigenvalue weighted by molar-refractivity contribution is 7.12. The quantitative estimate of drug-likeness (QED) is 0.838. The van der Waals surface area contributed by atoms with Crippen LogP contribution >= 0.6 is 22.9 Å². The van der Waals surface area contributed by atoms with Crippen molar-refractivity contribution in [3.8, 4) is 0 Å². The zero-order valence-electron chi connectivity index (χ0n) is 13.9. The molecule has 1 atom stereocenters. The van der Waals surface area contributed by atoms with Crippen LogP contribution in [-0.4, -0.2) is 35.2 Å². The summed E-state index contributed by atoms with van der Waals surface area (Å²) in [6.45, 7) is 0.544. The highest BCUT2D eigenvalue weighted by Gasteiger charge is 2.33. The minimum atomic E-state index is -0.668. The molecule has 0 saturated carbocycles. The van der Waals surface area contributed by atoms with E-state index in [1.807, 2.05) is 11.4 Å². The Morgan fingerprint density at radius 3 is 2.73 bits per heavy atom. The van der Waals surface area contributed by atoms with Crippen LogP contribution in [0.1, 0.15) is 39.3 Å². The Kier molecular flexibility index (Phi) is 5.58. The average molecular weight is 392 g/mol. The van der Waals surface area contributed by atoms with Crippen molar-refractivity contribution in [1.29, 1.82) is 0 Å². The fraction of sp³-hybridized carbons (Fsp3) is 0.278. The second kappa shape index (κ2) is 7.88. The van der Waals surface area contributed by atoms with Crippen LogP contribution in [0.25, 0.3) is 0 Å². The van der Waals surface area contributed by atoms with E-state index in [4.69, 9.17) is 17.3 Å². The molecule has 1 aromatic heterocycles. The fourth-order valence-electron chi connectivity index (χ4n) is 3.01. The van der Waals surface area contributed by atoms with Gasteiger partial charge in [-0.3, -0.25) is 14.4 Å². The zero-order chi connectivity index (χ0) is 18.7. The molecule has 6 nitrogen and oxygen atoms in total. The maximum Gasteiger partial charge on any atom is 0.264 e. The molecule has 2 aromatic rings. The Morgan fingerprint density at radius 1 is 1.23 bits per heavy atom. The molecule has 1 unspecified atom stereocenters. The molecule has 0 radical (unpaired) electrons. The van der Waals surface area contributed by atoms with Crippen LogP contribution in [0, 0.1) is 0 Å². The lowest BCUT2D eigenvalue weighted by atomic mass is 10.0. The first-order valence-corrected chi connectivity index (χ1v) is 9.48. The molecule has 1 fully saturated rings. The molecular weight excluding hydrogens is 374 g/mol. The van der Waals surface area contributed by atoms with E-state index in [1.165, 1.54) is 23.5 Å². The Bertz CT molecular complexity index is 838. The van der Waals surface area contributed by atoms with Crippen molar-refractivity contribution >= 4 is 46.3 Å². The summed E-state index contributed by atoms with van der Waals surface area (Å²) in [7, 11) is 0. The average Bonchev–Trinajstić information content (AvgIpc) is 3.17. The number of primary amides is 1. The van der Waals surface area contributed by atoms with E-state index in [-0.39, 0.29) is 22.4 Å². The molecule has 0 spiro atoms. The Labute approximate surface area is 159 Å². The molecule has 0 aliphatic carbocycles. The molecule has 26 heavy (non-hydrogen) atoms. The lowest BCUT2D eigenvalue weighted by Crippen LogP contribution is -2.49. The molecule has 0 bridgehead atoms. The van der Waals surface area contributed by atoms with Crippen LogP contribution in [0.4, 0.5) is 5.69 Å². The third kappa shape index (κ3) is 3.89. The number of nitrogens with one attached hydrogen (secondary N) is 1. The number of hydrogen-bond donors (Lipinski definition) is 2. The van der Waals surface area contributed by atoms with Gasteiger partial charge in [0.1, 0.15) is 6.04 Å². The van der Waals surface area contributed by atoms with Crippen LogP contribution < -0.4 is 11.1 Å². The predicted octanol–water partition coefficient (Wildman–Crippen LogP) is 3.13. The molecule has 1 saturated heterocycles. The number of thiophene rings is 1. The van der Waals surface area contributed by atoms with Gasteiger partial charge in [-0.25, -0.2) is 0 Å². The van der Waals surface area contributed by atoms with Gasteiger partial charge in [-0.05, 0) is 48.9 Å². The number of anilines is 1. The zero-order valence-corrected chi connectivity index (χ0v) is 15.5. The predicted molar refractivity (Wildman–Crippen MR) is 102 cm³/mol. The van der Waals surface area contributed by atoms with Crippen molar-refractivity contribution in [3.63, 3.8) is 0 Å². The Morgan fingerprint density at radius 2 is 2.04 bits per heavy atom. The van der Waals surface area contributed by atoms with E-state index in [1.54, 1.807) is 17.0 Å². The molecule has 136 valence electrons. The van der Waals surface area contributed by atoms with Crippen LogP contribution in [0.15, 0.2) is 35.7 Å². The summed E-state index contributed by atoms with van der Waals surface area (Å²) in [5.41, 5.74) is 5.84. The van der Waals surface area contributed by atoms with Gasteiger partial charge in [0.25, 0.3) is 5.91 Å². The lowest BCUT2D eigenvalue weighted by Gasteiger charge is -2.34. The molecule has 8 heteroatoms. The number of benzene rings is 1. The Hall–Kier alpha value is -2.38. The summed E-state index contributed by atoms with van der Waals surface area (Å²) >= 11 is 7.29. The third-order valence-electron chi connectivity index (χ3n) is 4.30. The lowest BCUT2D eigenvalue weighted by molar-refractivity contribution is -0.121. The summed E-state index contributed by atoms with van der Waals surface area (Å²) < 4.78 is 0. The molecule has 1 aliphatic rings. The van der Waals surface area contributed by atoms with Gasteiger partial charge in [0.05, 0.1) is 15.5 Å². The smallest absolute Gasteiger partial charge is 0.264 e. The molecule has 3 amide bonds. The number of nitrogens with zero attached hydrogens (tertiary/aromatic N) is 1. The number of likely N-dealkylation sites (tertiary alicyclic amines) is 1. The first kappa shape index (κ1) is 18.4. The van der Waals surface area contributed by atoms with Gasteiger partial charge in [-0.2, -0.15) is 0 Å². The molecule has 3 N–H and O–H groups in total. The van der Waals surface area contributed by atoms with Crippen LogP contribution in [0.5, 0.6) is 0 Å². The number of hydrogen-bond acceptors (Lipinski definition) is 4. The highest BCUT2D eigenvalue weighted by Crippen LogP contribution is 2.24. The maximum atomic E-state index is 12.8. The number of amides is 3. The SMILES string of the molecule is NC(=O)c1cc(NC(=O)C2CCCCN2C(=O)c2cccs2)ccc1Cl. The van der Waals surface area contributed by atoms with Crippen molar-refractivity contribution in [2.75, 3.05) is 11.9 Å². The first-order valence-electron chi connectivity index (χ1n) is 8.22. The van der Waals surface area contributed by atoms with Crippen LogP contribution in [0.3, 0.4) is 0 Å². The van der Waals surface area contributed by atoms with Crippen molar-refractivity contribution in [1.82, 2.24) is 4.90 Å². The summed E-state index contributed by atoms with van der Waals surface area (Å²) in [6, 6.07) is 7.57. The van der Waals surface area contributed by atoms with Crippen molar-refractivity contribution in [2.24, 2.45) is 5.73 Å². The van der Waals surface area contributed by atoms with Gasteiger partial charge in [-0.15, -0.1) is 11.3 Å². The molecule has 2 heterocycles.